The molecule has 38 heavy (non-hydrogen) atoms. The number of ether oxygens (including phenoxy) is 2. The number of likely N-dealkylation sites (tertiary alicyclic amines) is 1. The second-order valence-electron chi connectivity index (χ2n) is 9.41. The predicted octanol–water partition coefficient (Wildman–Crippen LogP) is 2.49. The Balaban J connectivity index is 0.000000426. The molecule has 3 atom stereocenters. The zero-order valence-electron chi connectivity index (χ0n) is 20.4. The molecule has 4 heterocycles. The van der Waals surface area contributed by atoms with E-state index in [9.17, 15) is 22.8 Å². The fourth-order valence-corrected chi connectivity index (χ4v) is 4.85. The molecule has 2 N–H and O–H groups in total. The number of nitrogens with one attached hydrogen (secondary N) is 1. The van der Waals surface area contributed by atoms with E-state index in [-0.39, 0.29) is 29.8 Å². The largest absolute Gasteiger partial charge is 0.493 e. The zero-order chi connectivity index (χ0) is 27.3. The maximum atomic E-state index is 12.9. The molecule has 2 saturated heterocycles. The van der Waals surface area contributed by atoms with Crippen LogP contribution in [0, 0.1) is 11.8 Å². The van der Waals surface area contributed by atoms with Crippen molar-refractivity contribution in [2.75, 3.05) is 32.8 Å². The number of carboxylic acids is 1. The summed E-state index contributed by atoms with van der Waals surface area (Å²) in [6.07, 6.45) is 0.626. The molecule has 2 amide bonds. The first-order chi connectivity index (χ1) is 18.1. The monoisotopic (exact) mass is 535 g/mol. The standard InChI is InChI=1S/C24H27N3O4.C2HF3O2/c28-23(11-16-3-4-21-18(10-16)2-1-9-30-21)27-13-20-19(15-31-22(20)14-27)12-26-24(29)17-5-7-25-8-6-17;3-2(4,5)1(6)7/h3-8,10,19-20,22H,1-2,9,11-15H2,(H,26,29);(H,6,7)/t19-,20-,22-;/m1./s1. The number of hydrogen-bond acceptors (Lipinski definition) is 6. The molecule has 1 aromatic carbocycles. The third-order valence-corrected chi connectivity index (χ3v) is 6.83. The highest BCUT2D eigenvalue weighted by Crippen LogP contribution is 2.34. The van der Waals surface area contributed by atoms with Crippen molar-refractivity contribution >= 4 is 17.8 Å². The van der Waals surface area contributed by atoms with Gasteiger partial charge in [-0.3, -0.25) is 14.6 Å². The van der Waals surface area contributed by atoms with Crippen molar-refractivity contribution in [3.63, 3.8) is 0 Å². The van der Waals surface area contributed by atoms with Crippen LogP contribution in [0.2, 0.25) is 0 Å². The van der Waals surface area contributed by atoms with Gasteiger partial charge in [0.15, 0.2) is 0 Å². The number of aliphatic carboxylic acids is 1. The van der Waals surface area contributed by atoms with Crippen molar-refractivity contribution in [1.29, 1.82) is 0 Å². The topological polar surface area (TPSA) is 118 Å². The summed E-state index contributed by atoms with van der Waals surface area (Å²) in [7, 11) is 0. The van der Waals surface area contributed by atoms with Crippen LogP contribution in [0.1, 0.15) is 27.9 Å². The summed E-state index contributed by atoms with van der Waals surface area (Å²) in [6.45, 7) is 3.26. The highest BCUT2D eigenvalue weighted by molar-refractivity contribution is 5.93. The third kappa shape index (κ3) is 6.80. The molecule has 0 aliphatic carbocycles. The summed E-state index contributed by atoms with van der Waals surface area (Å²) < 4.78 is 43.4. The first-order valence-corrected chi connectivity index (χ1v) is 12.2. The summed E-state index contributed by atoms with van der Waals surface area (Å²) in [4.78, 5) is 40.0. The van der Waals surface area contributed by atoms with E-state index in [4.69, 9.17) is 19.4 Å². The van der Waals surface area contributed by atoms with Crippen molar-refractivity contribution in [3.05, 3.63) is 59.4 Å². The molecule has 5 rings (SSSR count). The van der Waals surface area contributed by atoms with Crippen molar-refractivity contribution in [2.24, 2.45) is 11.8 Å². The summed E-state index contributed by atoms with van der Waals surface area (Å²) >= 11 is 0. The molecule has 0 bridgehead atoms. The maximum absolute atomic E-state index is 12.9. The number of pyridine rings is 1. The van der Waals surface area contributed by atoms with Crippen molar-refractivity contribution < 1.29 is 42.1 Å². The number of nitrogens with zero attached hydrogens (tertiary/aromatic N) is 2. The van der Waals surface area contributed by atoms with Gasteiger partial charge in [-0.25, -0.2) is 4.79 Å². The van der Waals surface area contributed by atoms with Gasteiger partial charge in [0.1, 0.15) is 5.75 Å². The minimum absolute atomic E-state index is 0.0590. The van der Waals surface area contributed by atoms with E-state index in [2.05, 4.69) is 16.4 Å². The molecule has 0 spiro atoms. The lowest BCUT2D eigenvalue weighted by Crippen LogP contribution is -2.35. The molecular formula is C26H28F3N3O6. The molecule has 204 valence electrons. The quantitative estimate of drug-likeness (QED) is 0.604. The SMILES string of the molecule is O=C(NC[C@@H]1CO[C@@H]2CN(C(=O)Cc3ccc4c(c3)CCCO4)C[C@H]12)c1ccncc1.O=C(O)C(F)(F)F. The Morgan fingerprint density at radius 1 is 1.13 bits per heavy atom. The van der Waals surface area contributed by atoms with E-state index >= 15 is 0 Å². The smallest absolute Gasteiger partial charge is 0.490 e. The van der Waals surface area contributed by atoms with Gasteiger partial charge >= 0.3 is 12.1 Å². The number of benzene rings is 1. The molecule has 9 nitrogen and oxygen atoms in total. The molecule has 12 heteroatoms. The van der Waals surface area contributed by atoms with E-state index < -0.39 is 12.1 Å². The van der Waals surface area contributed by atoms with Crippen LogP contribution in [0.5, 0.6) is 5.75 Å². The lowest BCUT2D eigenvalue weighted by atomic mass is 9.93. The molecule has 3 aliphatic rings. The van der Waals surface area contributed by atoms with E-state index in [1.807, 2.05) is 17.0 Å². The number of aryl methyl sites for hydroxylation is 1. The van der Waals surface area contributed by atoms with E-state index in [0.717, 1.165) is 30.8 Å². The molecule has 0 radical (unpaired) electrons. The second-order valence-corrected chi connectivity index (χ2v) is 9.41. The van der Waals surface area contributed by atoms with E-state index in [1.54, 1.807) is 24.5 Å². The molecule has 2 fully saturated rings. The number of amides is 2. The number of fused-ring (bicyclic) bond motifs is 2. The summed E-state index contributed by atoms with van der Waals surface area (Å²) in [6, 6.07) is 9.49. The predicted molar refractivity (Wildman–Crippen MR) is 128 cm³/mol. The van der Waals surface area contributed by atoms with Gasteiger partial charge in [-0.2, -0.15) is 13.2 Å². The van der Waals surface area contributed by atoms with Gasteiger partial charge in [-0.1, -0.05) is 12.1 Å². The van der Waals surface area contributed by atoms with Gasteiger partial charge in [0.25, 0.3) is 5.91 Å². The van der Waals surface area contributed by atoms with E-state index in [1.165, 1.54) is 5.56 Å². The number of carbonyl (C=O) groups is 3. The molecule has 2 aromatic rings. The van der Waals surface area contributed by atoms with Crippen LogP contribution in [0.15, 0.2) is 42.7 Å². The Kier molecular flexibility index (Phi) is 8.50. The van der Waals surface area contributed by atoms with Gasteiger partial charge < -0.3 is 24.8 Å². The number of alkyl halides is 3. The summed E-state index contributed by atoms with van der Waals surface area (Å²) in [5.74, 6) is -1.30. The van der Waals surface area contributed by atoms with Gasteiger partial charge in [0, 0.05) is 49.4 Å². The highest BCUT2D eigenvalue weighted by Gasteiger charge is 2.45. The Morgan fingerprint density at radius 2 is 1.87 bits per heavy atom. The number of rotatable bonds is 5. The first kappa shape index (κ1) is 27.4. The van der Waals surface area contributed by atoms with Gasteiger partial charge in [-0.05, 0) is 42.2 Å². The number of hydrogen-bond donors (Lipinski definition) is 2. The van der Waals surface area contributed by atoms with Crippen molar-refractivity contribution in [2.45, 2.75) is 31.5 Å². The number of halogens is 3. The van der Waals surface area contributed by atoms with Crippen molar-refractivity contribution in [3.8, 4) is 5.75 Å². The number of aromatic nitrogens is 1. The van der Waals surface area contributed by atoms with Crippen LogP contribution in [0.3, 0.4) is 0 Å². The van der Waals surface area contributed by atoms with Gasteiger partial charge in [-0.15, -0.1) is 0 Å². The normalized spacial score (nSPS) is 21.9. The van der Waals surface area contributed by atoms with Gasteiger partial charge in [0.05, 0.1) is 25.7 Å². The number of carboxylic acid groups (broad SMARTS) is 1. The Bertz CT molecular complexity index is 1160. The Labute approximate surface area is 216 Å². The molecule has 0 saturated carbocycles. The lowest BCUT2D eigenvalue weighted by Gasteiger charge is -2.21. The van der Waals surface area contributed by atoms with Crippen LogP contribution in [-0.2, 0) is 27.2 Å². The average molecular weight is 536 g/mol. The average Bonchev–Trinajstić information content (AvgIpc) is 3.49. The highest BCUT2D eigenvalue weighted by atomic mass is 19.4. The molecule has 3 aliphatic heterocycles. The van der Waals surface area contributed by atoms with Crippen LogP contribution in [-0.4, -0.2) is 77.9 Å². The fourth-order valence-electron chi connectivity index (χ4n) is 4.85. The van der Waals surface area contributed by atoms with Crippen LogP contribution < -0.4 is 10.1 Å². The van der Waals surface area contributed by atoms with Crippen LogP contribution in [0.25, 0.3) is 0 Å². The second kappa shape index (κ2) is 11.8. The Hall–Kier alpha value is -3.67. The lowest BCUT2D eigenvalue weighted by molar-refractivity contribution is -0.192. The van der Waals surface area contributed by atoms with Crippen LogP contribution in [0.4, 0.5) is 13.2 Å². The van der Waals surface area contributed by atoms with Gasteiger partial charge in [0.2, 0.25) is 5.91 Å². The minimum atomic E-state index is -5.08. The zero-order valence-corrected chi connectivity index (χ0v) is 20.4. The minimum Gasteiger partial charge on any atom is -0.493 e. The van der Waals surface area contributed by atoms with Crippen LogP contribution >= 0.6 is 0 Å². The number of carbonyl (C=O) groups excluding carboxylic acids is 2. The molecule has 0 unspecified atom stereocenters. The fraction of sp³-hybridized carbons (Fsp3) is 0.462. The molecular weight excluding hydrogens is 507 g/mol. The summed E-state index contributed by atoms with van der Waals surface area (Å²) in [5.41, 5.74) is 2.83. The van der Waals surface area contributed by atoms with E-state index in [0.29, 0.717) is 38.2 Å². The third-order valence-electron chi connectivity index (χ3n) is 6.83. The Morgan fingerprint density at radius 3 is 2.58 bits per heavy atom. The summed E-state index contributed by atoms with van der Waals surface area (Å²) in [5, 5.41) is 10.1. The van der Waals surface area contributed by atoms with Crippen molar-refractivity contribution in [1.82, 2.24) is 15.2 Å². The molecule has 1 aromatic heterocycles. The maximum Gasteiger partial charge on any atom is 0.490 e. The first-order valence-electron chi connectivity index (χ1n) is 12.2.